The number of carbonyl (C=O) groups excluding carboxylic acids is 1. The van der Waals surface area contributed by atoms with E-state index in [0.717, 1.165) is 0 Å². The lowest BCUT2D eigenvalue weighted by molar-refractivity contribution is 0.203. The SMILES string of the molecule is CC(C)(C#N)CN1CCNC1=O. The van der Waals surface area contributed by atoms with Crippen LogP contribution in [-0.2, 0) is 0 Å². The van der Waals surface area contributed by atoms with Crippen LogP contribution < -0.4 is 5.32 Å². The summed E-state index contributed by atoms with van der Waals surface area (Å²) in [7, 11) is 0. The van der Waals surface area contributed by atoms with E-state index < -0.39 is 5.41 Å². The Morgan fingerprint density at radius 2 is 2.42 bits per heavy atom. The van der Waals surface area contributed by atoms with E-state index in [1.54, 1.807) is 4.90 Å². The molecule has 1 saturated heterocycles. The summed E-state index contributed by atoms with van der Waals surface area (Å²) in [6.45, 7) is 5.58. The van der Waals surface area contributed by atoms with Crippen LogP contribution in [0.25, 0.3) is 0 Å². The number of carbonyl (C=O) groups is 1. The monoisotopic (exact) mass is 167 g/mol. The fraction of sp³-hybridized carbons (Fsp3) is 0.750. The second-order valence-electron chi connectivity index (χ2n) is 3.65. The van der Waals surface area contributed by atoms with Crippen molar-refractivity contribution in [2.24, 2.45) is 5.41 Å². The van der Waals surface area contributed by atoms with Crippen molar-refractivity contribution in [2.75, 3.05) is 19.6 Å². The van der Waals surface area contributed by atoms with Crippen LogP contribution >= 0.6 is 0 Å². The van der Waals surface area contributed by atoms with Crippen molar-refractivity contribution in [1.82, 2.24) is 10.2 Å². The first kappa shape index (κ1) is 8.85. The van der Waals surface area contributed by atoms with Gasteiger partial charge in [-0.15, -0.1) is 0 Å². The zero-order valence-corrected chi connectivity index (χ0v) is 7.42. The lowest BCUT2D eigenvalue weighted by atomic mass is 9.95. The maximum absolute atomic E-state index is 11.1. The van der Waals surface area contributed by atoms with E-state index in [1.807, 2.05) is 13.8 Å². The average Bonchev–Trinajstić information content (AvgIpc) is 2.36. The highest BCUT2D eigenvalue weighted by atomic mass is 16.2. The first-order valence-corrected chi connectivity index (χ1v) is 3.99. The van der Waals surface area contributed by atoms with Gasteiger partial charge in [0.15, 0.2) is 0 Å². The molecule has 0 unspecified atom stereocenters. The first-order valence-electron chi connectivity index (χ1n) is 3.99. The lowest BCUT2D eigenvalue weighted by Crippen LogP contribution is -2.36. The summed E-state index contributed by atoms with van der Waals surface area (Å²) in [6, 6.07) is 2.11. The van der Waals surface area contributed by atoms with Gasteiger partial charge in [-0.3, -0.25) is 0 Å². The number of nitrogens with one attached hydrogen (secondary N) is 1. The molecule has 12 heavy (non-hydrogen) atoms. The molecule has 0 aromatic rings. The molecule has 0 saturated carbocycles. The molecule has 1 N–H and O–H groups in total. The predicted molar refractivity (Wildman–Crippen MR) is 44.4 cm³/mol. The molecule has 0 radical (unpaired) electrons. The molecule has 66 valence electrons. The number of hydrogen-bond donors (Lipinski definition) is 1. The van der Waals surface area contributed by atoms with Gasteiger partial charge in [-0.05, 0) is 13.8 Å². The van der Waals surface area contributed by atoms with Crippen molar-refractivity contribution in [2.45, 2.75) is 13.8 Å². The molecule has 0 aliphatic carbocycles. The zero-order valence-electron chi connectivity index (χ0n) is 7.42. The second kappa shape index (κ2) is 3.02. The molecule has 4 nitrogen and oxygen atoms in total. The molecule has 4 heteroatoms. The van der Waals surface area contributed by atoms with Crippen LogP contribution in [0.1, 0.15) is 13.8 Å². The van der Waals surface area contributed by atoms with Gasteiger partial charge < -0.3 is 10.2 Å². The molecule has 1 heterocycles. The van der Waals surface area contributed by atoms with E-state index in [9.17, 15) is 4.79 Å². The van der Waals surface area contributed by atoms with Gasteiger partial charge in [0.05, 0.1) is 11.5 Å². The summed E-state index contributed by atoms with van der Waals surface area (Å²) < 4.78 is 0. The minimum atomic E-state index is -0.443. The third kappa shape index (κ3) is 1.88. The number of nitriles is 1. The molecule has 0 spiro atoms. The van der Waals surface area contributed by atoms with Gasteiger partial charge in [0.2, 0.25) is 0 Å². The van der Waals surface area contributed by atoms with Gasteiger partial charge in [0, 0.05) is 19.6 Å². The molecule has 1 aliphatic heterocycles. The summed E-state index contributed by atoms with van der Waals surface area (Å²) in [5.41, 5.74) is -0.443. The van der Waals surface area contributed by atoms with Gasteiger partial charge in [0.1, 0.15) is 0 Å². The molecule has 0 bridgehead atoms. The molecular formula is C8H13N3O. The number of urea groups is 1. The normalized spacial score (nSPS) is 17.4. The minimum absolute atomic E-state index is 0.0571. The quantitative estimate of drug-likeness (QED) is 0.653. The minimum Gasteiger partial charge on any atom is -0.336 e. The number of nitrogens with zero attached hydrogens (tertiary/aromatic N) is 2. The van der Waals surface area contributed by atoms with E-state index in [0.29, 0.717) is 19.6 Å². The fourth-order valence-electron chi connectivity index (χ4n) is 1.17. The van der Waals surface area contributed by atoms with E-state index in [1.165, 1.54) is 0 Å². The van der Waals surface area contributed by atoms with Gasteiger partial charge in [0.25, 0.3) is 0 Å². The molecule has 0 aromatic carbocycles. The van der Waals surface area contributed by atoms with E-state index in [2.05, 4.69) is 11.4 Å². The summed E-state index contributed by atoms with van der Waals surface area (Å²) in [4.78, 5) is 12.7. The molecule has 2 amide bonds. The van der Waals surface area contributed by atoms with Crippen LogP contribution in [-0.4, -0.2) is 30.6 Å². The predicted octanol–water partition coefficient (Wildman–Crippen LogP) is 0.561. The maximum atomic E-state index is 11.1. The highest BCUT2D eigenvalue weighted by Crippen LogP contribution is 2.16. The Labute approximate surface area is 72.2 Å². The summed E-state index contributed by atoms with van der Waals surface area (Å²) >= 11 is 0. The van der Waals surface area contributed by atoms with Crippen molar-refractivity contribution in [3.8, 4) is 6.07 Å². The van der Waals surface area contributed by atoms with Crippen molar-refractivity contribution in [1.29, 1.82) is 5.26 Å². The average molecular weight is 167 g/mol. The van der Waals surface area contributed by atoms with Crippen LogP contribution in [0.2, 0.25) is 0 Å². The Morgan fingerprint density at radius 3 is 2.83 bits per heavy atom. The van der Waals surface area contributed by atoms with Crippen molar-refractivity contribution in [3.05, 3.63) is 0 Å². The second-order valence-corrected chi connectivity index (χ2v) is 3.65. The van der Waals surface area contributed by atoms with E-state index in [-0.39, 0.29) is 6.03 Å². The highest BCUT2D eigenvalue weighted by molar-refractivity contribution is 5.76. The molecular weight excluding hydrogens is 154 g/mol. The van der Waals surface area contributed by atoms with Gasteiger partial charge in [-0.1, -0.05) is 0 Å². The number of amides is 2. The molecule has 1 fully saturated rings. The summed E-state index contributed by atoms with van der Waals surface area (Å²) in [5, 5.41) is 11.4. The van der Waals surface area contributed by atoms with Crippen molar-refractivity contribution < 1.29 is 4.79 Å². The van der Waals surface area contributed by atoms with Crippen LogP contribution in [0.3, 0.4) is 0 Å². The smallest absolute Gasteiger partial charge is 0.317 e. The van der Waals surface area contributed by atoms with Crippen LogP contribution in [0, 0.1) is 16.7 Å². The van der Waals surface area contributed by atoms with Gasteiger partial charge in [-0.25, -0.2) is 4.79 Å². The Bertz CT molecular complexity index is 229. The van der Waals surface area contributed by atoms with Crippen LogP contribution in [0.15, 0.2) is 0 Å². The van der Waals surface area contributed by atoms with E-state index >= 15 is 0 Å². The highest BCUT2D eigenvalue weighted by Gasteiger charge is 2.27. The molecule has 1 rings (SSSR count). The van der Waals surface area contributed by atoms with Crippen molar-refractivity contribution in [3.63, 3.8) is 0 Å². The van der Waals surface area contributed by atoms with Crippen LogP contribution in [0.5, 0.6) is 0 Å². The fourth-order valence-corrected chi connectivity index (χ4v) is 1.17. The third-order valence-corrected chi connectivity index (χ3v) is 1.83. The Morgan fingerprint density at radius 1 is 1.75 bits per heavy atom. The van der Waals surface area contributed by atoms with Gasteiger partial charge in [-0.2, -0.15) is 5.26 Å². The van der Waals surface area contributed by atoms with E-state index in [4.69, 9.17) is 5.26 Å². The molecule has 0 aromatic heterocycles. The largest absolute Gasteiger partial charge is 0.336 e. The topological polar surface area (TPSA) is 56.1 Å². The molecule has 0 atom stereocenters. The zero-order chi connectivity index (χ0) is 9.19. The number of hydrogen-bond acceptors (Lipinski definition) is 2. The lowest BCUT2D eigenvalue weighted by Gasteiger charge is -2.22. The first-order chi connectivity index (χ1) is 5.55. The Balaban J connectivity index is 2.52. The van der Waals surface area contributed by atoms with Crippen molar-refractivity contribution >= 4 is 6.03 Å². The molecule has 1 aliphatic rings. The standard InChI is InChI=1S/C8H13N3O/c1-8(2,5-9)6-11-4-3-10-7(11)12/h3-4,6H2,1-2H3,(H,10,12). The Hall–Kier alpha value is -1.24. The Kier molecular flexibility index (Phi) is 2.22. The summed E-state index contributed by atoms with van der Waals surface area (Å²) in [6.07, 6.45) is 0. The van der Waals surface area contributed by atoms with Crippen LogP contribution in [0.4, 0.5) is 4.79 Å². The third-order valence-electron chi connectivity index (χ3n) is 1.83. The van der Waals surface area contributed by atoms with Gasteiger partial charge >= 0.3 is 6.03 Å². The number of rotatable bonds is 2. The summed E-state index contributed by atoms with van der Waals surface area (Å²) in [5.74, 6) is 0. The maximum Gasteiger partial charge on any atom is 0.317 e.